The fourth-order valence-corrected chi connectivity index (χ4v) is 5.30. The molecule has 194 valence electrons. The number of aliphatic hydroxyl groups excluding tert-OH is 2. The third kappa shape index (κ3) is 5.81. The highest BCUT2D eigenvalue weighted by molar-refractivity contribution is 5.90. The summed E-state index contributed by atoms with van der Waals surface area (Å²) in [6, 6.07) is 5.95. The van der Waals surface area contributed by atoms with Crippen molar-refractivity contribution in [1.29, 1.82) is 0 Å². The number of nitrogens with zero attached hydrogens (tertiary/aromatic N) is 2. The number of hydrogen-bond acceptors (Lipinski definition) is 7. The van der Waals surface area contributed by atoms with Gasteiger partial charge in [0.25, 0.3) is 11.8 Å². The second kappa shape index (κ2) is 10.2. The van der Waals surface area contributed by atoms with E-state index in [9.17, 15) is 33.0 Å². The number of likely N-dealkylation sites (tertiary alicyclic amines) is 1. The second-order valence-corrected chi connectivity index (χ2v) is 9.55. The predicted octanol–water partition coefficient (Wildman–Crippen LogP) is 0.303. The number of nitrogens with one attached hydrogen (secondary N) is 1. The molecule has 4 atom stereocenters. The SMILES string of the molecule is NCC1[C@@H]2CN(C(=O)C(O)C(O)C(=O)NCC3CCN(c4ccccc4OC(F)(F)F)CC3)C[C@@H]12. The van der Waals surface area contributed by atoms with Crippen LogP contribution in [0.4, 0.5) is 18.9 Å². The van der Waals surface area contributed by atoms with E-state index >= 15 is 0 Å². The lowest BCUT2D eigenvalue weighted by molar-refractivity contribution is -0.274. The normalized spacial score (nSPS) is 26.2. The molecule has 4 rings (SSSR count). The van der Waals surface area contributed by atoms with E-state index in [1.165, 1.54) is 17.0 Å². The van der Waals surface area contributed by atoms with Crippen molar-refractivity contribution in [2.24, 2.45) is 29.4 Å². The van der Waals surface area contributed by atoms with Crippen molar-refractivity contribution in [3.63, 3.8) is 0 Å². The zero-order valence-corrected chi connectivity index (χ0v) is 19.2. The molecule has 1 aliphatic carbocycles. The first kappa shape index (κ1) is 25.5. The third-order valence-electron chi connectivity index (χ3n) is 7.39. The van der Waals surface area contributed by atoms with Gasteiger partial charge in [0, 0.05) is 32.7 Å². The molecule has 0 bridgehead atoms. The number of carbonyl (C=O) groups excluding carboxylic acids is 2. The van der Waals surface area contributed by atoms with E-state index in [-0.39, 0.29) is 18.2 Å². The van der Waals surface area contributed by atoms with Gasteiger partial charge in [0.1, 0.15) is 0 Å². The fourth-order valence-electron chi connectivity index (χ4n) is 5.30. The minimum absolute atomic E-state index is 0.0323. The predicted molar refractivity (Wildman–Crippen MR) is 119 cm³/mol. The van der Waals surface area contributed by atoms with Crippen molar-refractivity contribution in [3.05, 3.63) is 24.3 Å². The molecule has 0 radical (unpaired) electrons. The third-order valence-corrected chi connectivity index (χ3v) is 7.39. The van der Waals surface area contributed by atoms with Gasteiger partial charge < -0.3 is 35.8 Å². The molecule has 2 unspecified atom stereocenters. The Morgan fingerprint density at radius 1 is 1.11 bits per heavy atom. The van der Waals surface area contributed by atoms with Crippen LogP contribution in [0.2, 0.25) is 0 Å². The average molecular weight is 501 g/mol. The molecule has 2 amide bonds. The van der Waals surface area contributed by atoms with Crippen LogP contribution in [0.3, 0.4) is 0 Å². The van der Waals surface area contributed by atoms with Crippen LogP contribution in [0.15, 0.2) is 24.3 Å². The number of nitrogens with two attached hydrogens (primary N) is 1. The maximum absolute atomic E-state index is 12.7. The smallest absolute Gasteiger partial charge is 0.404 e. The lowest BCUT2D eigenvalue weighted by Crippen LogP contribution is -2.51. The molecule has 2 heterocycles. The lowest BCUT2D eigenvalue weighted by atomic mass is 9.96. The quantitative estimate of drug-likeness (QED) is 0.404. The Morgan fingerprint density at radius 2 is 1.74 bits per heavy atom. The van der Waals surface area contributed by atoms with E-state index in [1.54, 1.807) is 17.0 Å². The summed E-state index contributed by atoms with van der Waals surface area (Å²) in [5.41, 5.74) is 6.01. The van der Waals surface area contributed by atoms with Crippen LogP contribution in [0.5, 0.6) is 5.75 Å². The number of para-hydroxylation sites is 2. The van der Waals surface area contributed by atoms with Crippen molar-refractivity contribution in [1.82, 2.24) is 10.2 Å². The number of alkyl halides is 3. The molecule has 0 spiro atoms. The largest absolute Gasteiger partial charge is 0.573 e. The molecular formula is C23H31F3N4O5. The number of hydrogen-bond donors (Lipinski definition) is 4. The number of carbonyl (C=O) groups is 2. The Bertz CT molecular complexity index is 913. The summed E-state index contributed by atoms with van der Waals surface area (Å²) in [4.78, 5) is 28.1. The Balaban J connectivity index is 1.21. The molecule has 3 fully saturated rings. The van der Waals surface area contributed by atoms with Gasteiger partial charge >= 0.3 is 6.36 Å². The van der Waals surface area contributed by atoms with Crippen LogP contribution in [0.25, 0.3) is 0 Å². The number of anilines is 1. The van der Waals surface area contributed by atoms with Crippen molar-refractivity contribution < 1.29 is 37.7 Å². The summed E-state index contributed by atoms with van der Waals surface area (Å²) in [6.45, 7) is 2.67. The molecule has 12 heteroatoms. The van der Waals surface area contributed by atoms with E-state index in [2.05, 4.69) is 10.1 Å². The fraction of sp³-hybridized carbons (Fsp3) is 0.652. The summed E-state index contributed by atoms with van der Waals surface area (Å²) in [7, 11) is 0. The Kier molecular flexibility index (Phi) is 7.43. The van der Waals surface area contributed by atoms with Gasteiger partial charge in [-0.1, -0.05) is 12.1 Å². The van der Waals surface area contributed by atoms with Gasteiger partial charge in [0.2, 0.25) is 0 Å². The number of fused-ring (bicyclic) bond motifs is 1. The van der Waals surface area contributed by atoms with Crippen LogP contribution >= 0.6 is 0 Å². The van der Waals surface area contributed by atoms with Gasteiger partial charge in [-0.15, -0.1) is 13.2 Å². The number of aliphatic hydroxyl groups is 2. The summed E-state index contributed by atoms with van der Waals surface area (Å²) in [5, 5.41) is 23.0. The molecule has 2 aliphatic heterocycles. The minimum Gasteiger partial charge on any atom is -0.404 e. The van der Waals surface area contributed by atoms with Crippen molar-refractivity contribution >= 4 is 17.5 Å². The highest BCUT2D eigenvalue weighted by Crippen LogP contribution is 2.51. The van der Waals surface area contributed by atoms with E-state index in [4.69, 9.17) is 5.73 Å². The summed E-state index contributed by atoms with van der Waals surface area (Å²) in [5.74, 6) is -0.654. The second-order valence-electron chi connectivity index (χ2n) is 9.55. The first-order chi connectivity index (χ1) is 16.6. The molecule has 2 saturated heterocycles. The Morgan fingerprint density at radius 3 is 2.34 bits per heavy atom. The van der Waals surface area contributed by atoms with Gasteiger partial charge in [0.05, 0.1) is 5.69 Å². The maximum atomic E-state index is 12.7. The van der Waals surface area contributed by atoms with Crippen molar-refractivity contribution in [3.8, 4) is 5.75 Å². The summed E-state index contributed by atoms with van der Waals surface area (Å²) < 4.78 is 42.2. The maximum Gasteiger partial charge on any atom is 0.573 e. The highest BCUT2D eigenvalue weighted by Gasteiger charge is 2.56. The van der Waals surface area contributed by atoms with E-state index in [1.807, 2.05) is 0 Å². The molecule has 35 heavy (non-hydrogen) atoms. The van der Waals surface area contributed by atoms with Gasteiger partial charge in [-0.05, 0) is 55.2 Å². The van der Waals surface area contributed by atoms with Gasteiger partial charge in [-0.3, -0.25) is 9.59 Å². The van der Waals surface area contributed by atoms with Crippen molar-refractivity contribution in [2.75, 3.05) is 44.2 Å². The van der Waals surface area contributed by atoms with Crippen LogP contribution in [0, 0.1) is 23.7 Å². The van der Waals surface area contributed by atoms with Gasteiger partial charge in [-0.25, -0.2) is 0 Å². The number of halogens is 3. The van der Waals surface area contributed by atoms with Crippen LogP contribution in [0.1, 0.15) is 12.8 Å². The van der Waals surface area contributed by atoms with E-state index in [0.29, 0.717) is 69.0 Å². The first-order valence-electron chi connectivity index (χ1n) is 11.8. The number of ether oxygens (including phenoxy) is 1. The zero-order chi connectivity index (χ0) is 25.3. The molecule has 1 aromatic rings. The van der Waals surface area contributed by atoms with Crippen LogP contribution in [-0.4, -0.2) is 84.8 Å². The number of piperidine rings is 2. The molecule has 0 aromatic heterocycles. The molecule has 1 aromatic carbocycles. The zero-order valence-electron chi connectivity index (χ0n) is 19.2. The standard InChI is InChI=1S/C23H31F3N4O5/c24-23(25,26)35-18-4-2-1-3-17(18)29-7-5-13(6-8-29)10-28-21(33)19(31)20(32)22(34)30-11-15-14(9-27)16(15)12-30/h1-4,13-16,19-20,31-32H,5-12,27H2,(H,28,33)/t15-,16-,19?,20?/m0/s1. The van der Waals surface area contributed by atoms with Gasteiger partial charge in [0.15, 0.2) is 18.0 Å². The first-order valence-corrected chi connectivity index (χ1v) is 11.8. The Labute approximate surface area is 201 Å². The van der Waals surface area contributed by atoms with Crippen LogP contribution < -0.4 is 20.7 Å². The topological polar surface area (TPSA) is 128 Å². The molecule has 3 aliphatic rings. The van der Waals surface area contributed by atoms with E-state index in [0.717, 1.165) is 0 Å². The molecule has 5 N–H and O–H groups in total. The van der Waals surface area contributed by atoms with Crippen LogP contribution in [-0.2, 0) is 9.59 Å². The summed E-state index contributed by atoms with van der Waals surface area (Å²) in [6.07, 6.45) is -7.31. The summed E-state index contributed by atoms with van der Waals surface area (Å²) >= 11 is 0. The lowest BCUT2D eigenvalue weighted by Gasteiger charge is -2.34. The number of benzene rings is 1. The average Bonchev–Trinajstić information content (AvgIpc) is 3.31. The van der Waals surface area contributed by atoms with Crippen molar-refractivity contribution in [2.45, 2.75) is 31.4 Å². The number of rotatable bonds is 8. The minimum atomic E-state index is -4.78. The Hall–Kier alpha value is -2.57. The molecule has 1 saturated carbocycles. The van der Waals surface area contributed by atoms with E-state index < -0.39 is 30.4 Å². The molecule has 9 nitrogen and oxygen atoms in total. The molecular weight excluding hydrogens is 469 g/mol. The van der Waals surface area contributed by atoms with Gasteiger partial charge in [-0.2, -0.15) is 0 Å². The highest BCUT2D eigenvalue weighted by atomic mass is 19.4. The monoisotopic (exact) mass is 500 g/mol. The number of amides is 2.